The summed E-state index contributed by atoms with van der Waals surface area (Å²) in [6.45, 7) is 3.24. The average Bonchev–Trinajstić information content (AvgIpc) is 2.71. The fourth-order valence-corrected chi connectivity index (χ4v) is 1.80. The molecule has 2 aromatic rings. The molecule has 0 saturated heterocycles. The fourth-order valence-electron chi connectivity index (χ4n) is 1.66. The van der Waals surface area contributed by atoms with Gasteiger partial charge in [-0.1, -0.05) is 0 Å². The van der Waals surface area contributed by atoms with Crippen molar-refractivity contribution in [1.82, 2.24) is 0 Å². The van der Waals surface area contributed by atoms with Crippen molar-refractivity contribution in [2.24, 2.45) is 0 Å². The second-order valence-electron chi connectivity index (χ2n) is 3.86. The molecule has 1 aromatic heterocycles. The van der Waals surface area contributed by atoms with E-state index in [4.69, 9.17) is 16.0 Å². The van der Waals surface area contributed by atoms with Crippen LogP contribution in [0.2, 0.25) is 5.22 Å². The van der Waals surface area contributed by atoms with E-state index in [0.29, 0.717) is 16.7 Å². The van der Waals surface area contributed by atoms with Crippen LogP contribution < -0.4 is 0 Å². The van der Waals surface area contributed by atoms with Crippen molar-refractivity contribution < 1.29 is 13.6 Å². The average molecular weight is 253 g/mol. The van der Waals surface area contributed by atoms with Crippen molar-refractivity contribution in [3.63, 3.8) is 0 Å². The van der Waals surface area contributed by atoms with Crippen LogP contribution in [0.25, 0.3) is 0 Å². The molecule has 0 atom stereocenters. The second kappa shape index (κ2) is 4.34. The molecule has 0 aliphatic heterocycles. The zero-order valence-corrected chi connectivity index (χ0v) is 10.1. The van der Waals surface area contributed by atoms with E-state index < -0.39 is 0 Å². The zero-order valence-electron chi connectivity index (χ0n) is 9.38. The molecule has 0 amide bonds. The predicted octanol–water partition coefficient (Wildman–Crippen LogP) is 3.92. The molecule has 17 heavy (non-hydrogen) atoms. The normalized spacial score (nSPS) is 10.6. The predicted molar refractivity (Wildman–Crippen MR) is 63.0 cm³/mol. The van der Waals surface area contributed by atoms with Crippen molar-refractivity contribution in [2.45, 2.75) is 13.8 Å². The van der Waals surface area contributed by atoms with Gasteiger partial charge < -0.3 is 4.42 Å². The van der Waals surface area contributed by atoms with Gasteiger partial charge in [0.05, 0.1) is 0 Å². The van der Waals surface area contributed by atoms with E-state index in [1.807, 2.05) is 0 Å². The summed E-state index contributed by atoms with van der Waals surface area (Å²) in [5.74, 6) is -0.442. The molecular weight excluding hydrogens is 243 g/mol. The molecular formula is C13H10ClFO2. The molecule has 0 bridgehead atoms. The SMILES string of the molecule is Cc1cc(C(=O)c2ccc(Cl)o2)cc(C)c1F. The van der Waals surface area contributed by atoms with Gasteiger partial charge in [-0.05, 0) is 60.8 Å². The van der Waals surface area contributed by atoms with Gasteiger partial charge in [-0.25, -0.2) is 4.39 Å². The summed E-state index contributed by atoms with van der Waals surface area (Å²) in [6, 6.07) is 6.00. The van der Waals surface area contributed by atoms with E-state index in [-0.39, 0.29) is 22.6 Å². The van der Waals surface area contributed by atoms with E-state index >= 15 is 0 Å². The largest absolute Gasteiger partial charge is 0.441 e. The van der Waals surface area contributed by atoms with Gasteiger partial charge in [-0.15, -0.1) is 0 Å². The molecule has 2 rings (SSSR count). The topological polar surface area (TPSA) is 30.2 Å². The van der Waals surface area contributed by atoms with Crippen molar-refractivity contribution >= 4 is 17.4 Å². The van der Waals surface area contributed by atoms with Gasteiger partial charge in [0, 0.05) is 5.56 Å². The quantitative estimate of drug-likeness (QED) is 0.759. The lowest BCUT2D eigenvalue weighted by atomic mass is 10.0. The Balaban J connectivity index is 2.44. The minimum atomic E-state index is -0.303. The van der Waals surface area contributed by atoms with Gasteiger partial charge in [0.1, 0.15) is 5.82 Å². The lowest BCUT2D eigenvalue weighted by molar-refractivity contribution is 0.101. The summed E-state index contributed by atoms with van der Waals surface area (Å²) < 4.78 is 18.5. The Morgan fingerprint density at radius 1 is 1.24 bits per heavy atom. The van der Waals surface area contributed by atoms with Crippen LogP contribution in [0.5, 0.6) is 0 Å². The highest BCUT2D eigenvalue weighted by Gasteiger charge is 2.15. The van der Waals surface area contributed by atoms with Crippen LogP contribution in [-0.4, -0.2) is 5.78 Å². The summed E-state index contributed by atoms with van der Waals surface area (Å²) in [5, 5.41) is 0.156. The molecule has 88 valence electrons. The van der Waals surface area contributed by atoms with Gasteiger partial charge >= 0.3 is 0 Å². The third-order valence-electron chi connectivity index (χ3n) is 2.50. The molecule has 0 spiro atoms. The van der Waals surface area contributed by atoms with Gasteiger partial charge in [-0.2, -0.15) is 0 Å². The van der Waals surface area contributed by atoms with Crippen molar-refractivity contribution in [1.29, 1.82) is 0 Å². The van der Waals surface area contributed by atoms with Crippen LogP contribution in [0.1, 0.15) is 27.2 Å². The molecule has 0 N–H and O–H groups in total. The van der Waals surface area contributed by atoms with E-state index in [0.717, 1.165) is 0 Å². The third-order valence-corrected chi connectivity index (χ3v) is 2.70. The van der Waals surface area contributed by atoms with Gasteiger partial charge in [0.15, 0.2) is 11.0 Å². The lowest BCUT2D eigenvalue weighted by Crippen LogP contribution is -2.02. The van der Waals surface area contributed by atoms with E-state index in [1.54, 1.807) is 13.8 Å². The summed E-state index contributed by atoms with van der Waals surface area (Å²) in [6.07, 6.45) is 0. The van der Waals surface area contributed by atoms with Crippen molar-refractivity contribution in [2.75, 3.05) is 0 Å². The number of rotatable bonds is 2. The maximum Gasteiger partial charge on any atom is 0.228 e. The van der Waals surface area contributed by atoms with Crippen LogP contribution in [0, 0.1) is 19.7 Å². The Morgan fingerprint density at radius 3 is 2.29 bits per heavy atom. The van der Waals surface area contributed by atoms with E-state index in [2.05, 4.69) is 0 Å². The minimum absolute atomic E-state index is 0.153. The molecule has 4 heteroatoms. The first-order chi connectivity index (χ1) is 7.99. The number of hydrogen-bond donors (Lipinski definition) is 0. The molecule has 2 nitrogen and oxygen atoms in total. The standard InChI is InChI=1S/C13H10ClFO2/c1-7-5-9(6-8(2)12(7)15)13(16)10-3-4-11(14)17-10/h3-6H,1-2H3. The van der Waals surface area contributed by atoms with E-state index in [1.165, 1.54) is 24.3 Å². The Bertz CT molecular complexity index is 564. The van der Waals surface area contributed by atoms with Crippen LogP contribution >= 0.6 is 11.6 Å². The van der Waals surface area contributed by atoms with Crippen molar-refractivity contribution in [3.05, 3.63) is 57.8 Å². The number of hydrogen-bond acceptors (Lipinski definition) is 2. The van der Waals surface area contributed by atoms with Gasteiger partial charge in [-0.3, -0.25) is 4.79 Å². The molecule has 0 radical (unpaired) electrons. The number of benzene rings is 1. The highest BCUT2D eigenvalue weighted by Crippen LogP contribution is 2.20. The Morgan fingerprint density at radius 2 is 1.82 bits per heavy atom. The molecule has 0 aliphatic carbocycles. The number of furan rings is 1. The van der Waals surface area contributed by atoms with Crippen LogP contribution in [-0.2, 0) is 0 Å². The monoisotopic (exact) mass is 252 g/mol. The molecule has 1 aromatic carbocycles. The number of ketones is 1. The Hall–Kier alpha value is -1.61. The number of carbonyl (C=O) groups is 1. The second-order valence-corrected chi connectivity index (χ2v) is 4.23. The summed E-state index contributed by atoms with van der Waals surface area (Å²) in [5.41, 5.74) is 1.27. The van der Waals surface area contributed by atoms with Crippen LogP contribution in [0.15, 0.2) is 28.7 Å². The molecule has 0 aliphatic rings. The highest BCUT2D eigenvalue weighted by atomic mass is 35.5. The number of aryl methyl sites for hydroxylation is 2. The molecule has 0 unspecified atom stereocenters. The zero-order chi connectivity index (χ0) is 12.6. The van der Waals surface area contributed by atoms with Crippen molar-refractivity contribution in [3.8, 4) is 0 Å². The summed E-state index contributed by atoms with van der Waals surface area (Å²) in [7, 11) is 0. The summed E-state index contributed by atoms with van der Waals surface area (Å²) in [4.78, 5) is 12.0. The number of halogens is 2. The first kappa shape index (κ1) is 11.9. The fraction of sp³-hybridized carbons (Fsp3) is 0.154. The van der Waals surface area contributed by atoms with E-state index in [9.17, 15) is 9.18 Å². The number of carbonyl (C=O) groups excluding carboxylic acids is 1. The lowest BCUT2D eigenvalue weighted by Gasteiger charge is -2.04. The molecule has 0 saturated carbocycles. The Kier molecular flexibility index (Phi) is 3.03. The minimum Gasteiger partial charge on any atom is -0.441 e. The van der Waals surface area contributed by atoms with Gasteiger partial charge in [0.2, 0.25) is 5.78 Å². The third kappa shape index (κ3) is 2.24. The molecule has 0 fully saturated rings. The van der Waals surface area contributed by atoms with Gasteiger partial charge in [0.25, 0.3) is 0 Å². The first-order valence-corrected chi connectivity index (χ1v) is 5.43. The maximum atomic E-state index is 13.4. The van der Waals surface area contributed by atoms with Crippen LogP contribution in [0.3, 0.4) is 0 Å². The smallest absolute Gasteiger partial charge is 0.228 e. The highest BCUT2D eigenvalue weighted by molar-refractivity contribution is 6.29. The first-order valence-electron chi connectivity index (χ1n) is 5.06. The van der Waals surface area contributed by atoms with Crippen LogP contribution in [0.4, 0.5) is 4.39 Å². The molecule has 1 heterocycles. The summed E-state index contributed by atoms with van der Waals surface area (Å²) >= 11 is 5.60. The Labute approximate surface area is 103 Å². The maximum absolute atomic E-state index is 13.4.